The summed E-state index contributed by atoms with van der Waals surface area (Å²) >= 11 is 0. The van der Waals surface area contributed by atoms with Crippen LogP contribution in [0.1, 0.15) is 47.3 Å². The van der Waals surface area contributed by atoms with E-state index >= 15 is 0 Å². The number of ether oxygens (including phenoxy) is 2. The van der Waals surface area contributed by atoms with Crippen LogP contribution in [0.5, 0.6) is 5.75 Å². The lowest BCUT2D eigenvalue weighted by Crippen LogP contribution is -2.22. The molecule has 0 fully saturated rings. The SMILES string of the molecule is CCC(C)(Pc1ccccc1C=O)c1cccc(Cc2ccccc2)c1OCOC. The lowest BCUT2D eigenvalue weighted by molar-refractivity contribution is 0.0494. The summed E-state index contributed by atoms with van der Waals surface area (Å²) in [5, 5.41) is 0.928. The van der Waals surface area contributed by atoms with Gasteiger partial charge in [0, 0.05) is 29.8 Å². The smallest absolute Gasteiger partial charge is 0.188 e. The first-order valence-electron chi connectivity index (χ1n) is 10.2. The molecule has 0 amide bonds. The molecule has 0 spiro atoms. The highest BCUT2D eigenvalue weighted by atomic mass is 31.1. The Balaban J connectivity index is 2.04. The molecule has 3 rings (SSSR count). The van der Waals surface area contributed by atoms with E-state index in [1.807, 2.05) is 24.3 Å². The molecular weight excluding hydrogens is 391 g/mol. The number of para-hydroxylation sites is 1. The van der Waals surface area contributed by atoms with Crippen LogP contribution >= 0.6 is 8.58 Å². The quantitative estimate of drug-likeness (QED) is 0.240. The van der Waals surface area contributed by atoms with Crippen molar-refractivity contribution in [3.05, 3.63) is 95.1 Å². The molecule has 156 valence electrons. The summed E-state index contributed by atoms with van der Waals surface area (Å²) in [5.41, 5.74) is 4.30. The minimum atomic E-state index is -0.158. The van der Waals surface area contributed by atoms with E-state index in [2.05, 4.69) is 62.4 Å². The van der Waals surface area contributed by atoms with Gasteiger partial charge in [0.2, 0.25) is 0 Å². The number of rotatable bonds is 10. The average Bonchev–Trinajstić information content (AvgIpc) is 2.79. The second-order valence-corrected chi connectivity index (χ2v) is 9.42. The van der Waals surface area contributed by atoms with Gasteiger partial charge in [-0.25, -0.2) is 0 Å². The van der Waals surface area contributed by atoms with Crippen molar-refractivity contribution in [3.63, 3.8) is 0 Å². The summed E-state index contributed by atoms with van der Waals surface area (Å²) in [4.78, 5) is 11.6. The topological polar surface area (TPSA) is 35.5 Å². The van der Waals surface area contributed by atoms with E-state index in [1.54, 1.807) is 7.11 Å². The standard InChI is InChI=1S/C26H29O3P/c1-4-26(2,30-24-16-9-8-13-22(24)18-27)23-15-10-14-21(25(23)29-19-28-3)17-20-11-6-5-7-12-20/h5-16,18,30H,4,17,19H2,1-3H3. The zero-order valence-electron chi connectivity index (χ0n) is 17.9. The average molecular weight is 420 g/mol. The Morgan fingerprint density at radius 3 is 2.40 bits per heavy atom. The summed E-state index contributed by atoms with van der Waals surface area (Å²) in [5.74, 6) is 0.892. The van der Waals surface area contributed by atoms with Crippen molar-refractivity contribution >= 4 is 20.2 Å². The molecule has 0 aliphatic heterocycles. The second kappa shape index (κ2) is 10.5. The fraction of sp³-hybridized carbons (Fsp3) is 0.269. The third-order valence-electron chi connectivity index (χ3n) is 5.45. The molecule has 2 unspecified atom stereocenters. The largest absolute Gasteiger partial charge is 0.467 e. The molecule has 3 aromatic carbocycles. The molecule has 0 aliphatic rings. The third kappa shape index (κ3) is 5.16. The zero-order chi connectivity index (χ0) is 21.4. The highest BCUT2D eigenvalue weighted by Crippen LogP contribution is 2.48. The Hall–Kier alpha value is -2.48. The van der Waals surface area contributed by atoms with Crippen molar-refractivity contribution in [2.75, 3.05) is 13.9 Å². The lowest BCUT2D eigenvalue weighted by Gasteiger charge is -2.32. The molecule has 0 N–H and O–H groups in total. The van der Waals surface area contributed by atoms with Gasteiger partial charge in [-0.05, 0) is 22.9 Å². The van der Waals surface area contributed by atoms with Crippen molar-refractivity contribution < 1.29 is 14.3 Å². The molecule has 2 atom stereocenters. The van der Waals surface area contributed by atoms with E-state index in [0.717, 1.165) is 46.9 Å². The number of aldehydes is 1. The Morgan fingerprint density at radius 1 is 0.967 bits per heavy atom. The van der Waals surface area contributed by atoms with Gasteiger partial charge >= 0.3 is 0 Å². The van der Waals surface area contributed by atoms with E-state index < -0.39 is 0 Å². The molecule has 0 bridgehead atoms. The summed E-state index contributed by atoms with van der Waals surface area (Å²) < 4.78 is 11.4. The fourth-order valence-electron chi connectivity index (χ4n) is 3.62. The van der Waals surface area contributed by atoms with Gasteiger partial charge in [0.15, 0.2) is 13.1 Å². The van der Waals surface area contributed by atoms with E-state index in [1.165, 1.54) is 5.56 Å². The predicted molar refractivity (Wildman–Crippen MR) is 126 cm³/mol. The maximum absolute atomic E-state index is 11.6. The molecule has 0 saturated carbocycles. The summed E-state index contributed by atoms with van der Waals surface area (Å²) in [6.07, 6.45) is 2.67. The number of hydrogen-bond donors (Lipinski definition) is 0. The molecule has 3 aromatic rings. The minimum absolute atomic E-state index is 0.158. The number of methoxy groups -OCH3 is 1. The van der Waals surface area contributed by atoms with Crippen LogP contribution in [0.4, 0.5) is 0 Å². The summed E-state index contributed by atoms with van der Waals surface area (Å²) in [6, 6.07) is 24.7. The van der Waals surface area contributed by atoms with Gasteiger partial charge < -0.3 is 9.47 Å². The number of hydrogen-bond acceptors (Lipinski definition) is 3. The van der Waals surface area contributed by atoms with Crippen LogP contribution in [0.15, 0.2) is 72.8 Å². The number of benzene rings is 3. The summed E-state index contributed by atoms with van der Waals surface area (Å²) in [7, 11) is 2.08. The third-order valence-corrected chi connectivity index (χ3v) is 7.35. The number of carbonyl (C=O) groups is 1. The molecule has 0 radical (unpaired) electrons. The van der Waals surface area contributed by atoms with Gasteiger partial charge in [-0.3, -0.25) is 4.79 Å². The highest BCUT2D eigenvalue weighted by molar-refractivity contribution is 7.48. The molecule has 0 aromatic heterocycles. The molecule has 30 heavy (non-hydrogen) atoms. The van der Waals surface area contributed by atoms with Gasteiger partial charge in [0.25, 0.3) is 0 Å². The first-order chi connectivity index (χ1) is 14.6. The molecular formula is C26H29O3P. The molecule has 4 heteroatoms. The predicted octanol–water partition coefficient (Wildman–Crippen LogP) is 5.70. The second-order valence-electron chi connectivity index (χ2n) is 7.52. The monoisotopic (exact) mass is 420 g/mol. The van der Waals surface area contributed by atoms with Crippen LogP contribution < -0.4 is 10.0 Å². The van der Waals surface area contributed by atoms with E-state index in [9.17, 15) is 4.79 Å². The molecule has 0 saturated heterocycles. The van der Waals surface area contributed by atoms with Gasteiger partial charge in [-0.15, -0.1) is 0 Å². The van der Waals surface area contributed by atoms with Crippen molar-refractivity contribution in [1.82, 2.24) is 0 Å². The molecule has 0 aliphatic carbocycles. The minimum Gasteiger partial charge on any atom is -0.467 e. The van der Waals surface area contributed by atoms with Gasteiger partial charge in [0.05, 0.1) is 0 Å². The van der Waals surface area contributed by atoms with Gasteiger partial charge in [0.1, 0.15) is 5.75 Å². The fourth-order valence-corrected chi connectivity index (χ4v) is 5.19. The van der Waals surface area contributed by atoms with E-state index in [4.69, 9.17) is 9.47 Å². The van der Waals surface area contributed by atoms with E-state index in [0.29, 0.717) is 8.58 Å². The van der Waals surface area contributed by atoms with Gasteiger partial charge in [-0.2, -0.15) is 0 Å². The van der Waals surface area contributed by atoms with Crippen molar-refractivity contribution in [3.8, 4) is 5.75 Å². The van der Waals surface area contributed by atoms with Crippen molar-refractivity contribution in [2.45, 2.75) is 31.8 Å². The van der Waals surface area contributed by atoms with Gasteiger partial charge in [-0.1, -0.05) is 95.2 Å². The lowest BCUT2D eigenvalue weighted by atomic mass is 9.92. The van der Waals surface area contributed by atoms with Crippen LogP contribution in [0, 0.1) is 0 Å². The Kier molecular flexibility index (Phi) is 7.79. The maximum atomic E-state index is 11.6. The van der Waals surface area contributed by atoms with Crippen molar-refractivity contribution in [1.29, 1.82) is 0 Å². The first-order valence-corrected chi connectivity index (χ1v) is 11.2. The molecule has 3 nitrogen and oxygen atoms in total. The maximum Gasteiger partial charge on any atom is 0.188 e. The molecule has 0 heterocycles. The van der Waals surface area contributed by atoms with Crippen LogP contribution in [-0.2, 0) is 16.3 Å². The summed E-state index contributed by atoms with van der Waals surface area (Å²) in [6.45, 7) is 4.65. The Bertz CT molecular complexity index is 971. The Morgan fingerprint density at radius 2 is 1.70 bits per heavy atom. The van der Waals surface area contributed by atoms with Crippen LogP contribution in [-0.4, -0.2) is 20.2 Å². The first kappa shape index (κ1) is 22.2. The van der Waals surface area contributed by atoms with E-state index in [-0.39, 0.29) is 11.9 Å². The normalized spacial score (nSPS) is 13.3. The van der Waals surface area contributed by atoms with Crippen molar-refractivity contribution in [2.24, 2.45) is 0 Å². The zero-order valence-corrected chi connectivity index (χ0v) is 18.9. The highest BCUT2D eigenvalue weighted by Gasteiger charge is 2.30. The Labute approximate surface area is 181 Å². The van der Waals surface area contributed by atoms with Crippen LogP contribution in [0.3, 0.4) is 0 Å². The van der Waals surface area contributed by atoms with Crippen LogP contribution in [0.2, 0.25) is 0 Å². The van der Waals surface area contributed by atoms with Crippen LogP contribution in [0.25, 0.3) is 0 Å². The number of carbonyl (C=O) groups excluding carboxylic acids is 1.